The third kappa shape index (κ3) is 5.87. The molecule has 0 aliphatic carbocycles. The summed E-state index contributed by atoms with van der Waals surface area (Å²) in [5, 5.41) is 12.5. The number of rotatable bonds is 9. The largest absolute Gasteiger partial charge is 0.489 e. The summed E-state index contributed by atoms with van der Waals surface area (Å²) in [5.74, 6) is 0.836. The number of likely N-dealkylation sites (N-methyl/N-ethyl adjacent to an activating group) is 1. The number of benzene rings is 3. The van der Waals surface area contributed by atoms with Gasteiger partial charge in [0.2, 0.25) is 0 Å². The third-order valence-corrected chi connectivity index (χ3v) is 4.51. The molecule has 0 saturated heterocycles. The molecule has 3 rings (SSSR count). The Morgan fingerprint density at radius 3 is 2.54 bits per heavy atom. The molecule has 0 spiro atoms. The van der Waals surface area contributed by atoms with Gasteiger partial charge in [-0.1, -0.05) is 42.5 Å². The summed E-state index contributed by atoms with van der Waals surface area (Å²) in [5.41, 5.74) is 4.05. The van der Waals surface area contributed by atoms with E-state index in [0.29, 0.717) is 12.2 Å². The van der Waals surface area contributed by atoms with Crippen molar-refractivity contribution in [2.75, 3.05) is 25.0 Å². The Bertz CT molecular complexity index is 918. The number of ether oxygens (including phenoxy) is 1. The molecule has 0 aromatic heterocycles. The molecule has 0 amide bonds. The van der Waals surface area contributed by atoms with Gasteiger partial charge in [0.25, 0.3) is 0 Å². The summed E-state index contributed by atoms with van der Waals surface area (Å²) in [6, 6.07) is 28.2. The van der Waals surface area contributed by atoms with E-state index >= 15 is 0 Å². The summed E-state index contributed by atoms with van der Waals surface area (Å²) >= 11 is 0. The maximum absolute atomic E-state index is 8.98. The van der Waals surface area contributed by atoms with Crippen LogP contribution in [0.5, 0.6) is 5.75 Å². The number of nitrogens with one attached hydrogen (secondary N) is 1. The van der Waals surface area contributed by atoms with Gasteiger partial charge >= 0.3 is 0 Å². The molecule has 3 aromatic carbocycles. The van der Waals surface area contributed by atoms with Crippen LogP contribution in [-0.4, -0.2) is 20.1 Å². The van der Waals surface area contributed by atoms with Crippen LogP contribution >= 0.6 is 0 Å². The lowest BCUT2D eigenvalue weighted by Gasteiger charge is -2.19. The zero-order chi connectivity index (χ0) is 19.6. The minimum Gasteiger partial charge on any atom is -0.489 e. The molecule has 0 unspecified atom stereocenters. The Morgan fingerprint density at radius 2 is 1.71 bits per heavy atom. The average Bonchev–Trinajstić information content (AvgIpc) is 2.76. The number of hydrogen-bond acceptors (Lipinski definition) is 4. The summed E-state index contributed by atoms with van der Waals surface area (Å²) < 4.78 is 5.89. The van der Waals surface area contributed by atoms with E-state index in [2.05, 4.69) is 59.7 Å². The SMILES string of the molecule is CN(CCNCc1cccc(OCc2cccc(C#N)c2)c1)c1ccccc1. The van der Waals surface area contributed by atoms with Crippen molar-refractivity contribution >= 4 is 5.69 Å². The van der Waals surface area contributed by atoms with E-state index in [0.717, 1.165) is 30.9 Å². The molecular formula is C24H25N3O. The predicted octanol–water partition coefficient (Wildman–Crippen LogP) is 4.36. The minimum atomic E-state index is 0.453. The molecule has 0 radical (unpaired) electrons. The molecule has 3 aromatic rings. The average molecular weight is 371 g/mol. The molecule has 0 saturated carbocycles. The van der Waals surface area contributed by atoms with Crippen LogP contribution in [0.15, 0.2) is 78.9 Å². The zero-order valence-electron chi connectivity index (χ0n) is 16.1. The molecule has 4 nitrogen and oxygen atoms in total. The van der Waals surface area contributed by atoms with E-state index < -0.39 is 0 Å². The number of nitrogens with zero attached hydrogens (tertiary/aromatic N) is 2. The molecule has 0 heterocycles. The van der Waals surface area contributed by atoms with E-state index in [1.807, 2.05) is 36.4 Å². The summed E-state index contributed by atoms with van der Waals surface area (Å²) in [6.07, 6.45) is 0. The maximum Gasteiger partial charge on any atom is 0.120 e. The van der Waals surface area contributed by atoms with Gasteiger partial charge in [-0.2, -0.15) is 5.26 Å². The van der Waals surface area contributed by atoms with Crippen LogP contribution < -0.4 is 15.0 Å². The summed E-state index contributed by atoms with van der Waals surface area (Å²) in [6.45, 7) is 3.09. The van der Waals surface area contributed by atoms with Crippen molar-refractivity contribution in [2.45, 2.75) is 13.2 Å². The van der Waals surface area contributed by atoms with Gasteiger partial charge in [-0.05, 0) is 47.5 Å². The van der Waals surface area contributed by atoms with Crippen molar-refractivity contribution in [3.8, 4) is 11.8 Å². The first-order valence-electron chi connectivity index (χ1n) is 9.42. The maximum atomic E-state index is 8.98. The van der Waals surface area contributed by atoms with Crippen LogP contribution in [-0.2, 0) is 13.2 Å². The van der Waals surface area contributed by atoms with E-state index in [1.54, 1.807) is 6.07 Å². The first-order valence-corrected chi connectivity index (χ1v) is 9.42. The van der Waals surface area contributed by atoms with Gasteiger partial charge in [0, 0.05) is 32.4 Å². The van der Waals surface area contributed by atoms with Crippen molar-refractivity contribution < 1.29 is 4.74 Å². The topological polar surface area (TPSA) is 48.3 Å². The molecule has 0 atom stereocenters. The highest BCUT2D eigenvalue weighted by molar-refractivity contribution is 5.44. The van der Waals surface area contributed by atoms with Crippen molar-refractivity contribution in [3.63, 3.8) is 0 Å². The van der Waals surface area contributed by atoms with Crippen LogP contribution in [0.4, 0.5) is 5.69 Å². The quantitative estimate of drug-likeness (QED) is 0.568. The lowest BCUT2D eigenvalue weighted by atomic mass is 10.1. The van der Waals surface area contributed by atoms with Crippen LogP contribution in [0.1, 0.15) is 16.7 Å². The molecule has 4 heteroatoms. The van der Waals surface area contributed by atoms with Crippen molar-refractivity contribution in [2.24, 2.45) is 0 Å². The highest BCUT2D eigenvalue weighted by Gasteiger charge is 2.02. The Labute approximate surface area is 167 Å². The standard InChI is InChI=1S/C24H25N3O/c1-27(23-10-3-2-4-11-23)14-13-26-18-21-8-6-12-24(16-21)28-19-22-9-5-7-20(15-22)17-25/h2-12,15-16,26H,13-14,18-19H2,1H3. The monoisotopic (exact) mass is 371 g/mol. The Morgan fingerprint density at radius 1 is 0.929 bits per heavy atom. The fourth-order valence-corrected chi connectivity index (χ4v) is 2.93. The number of hydrogen-bond donors (Lipinski definition) is 1. The van der Waals surface area contributed by atoms with Crippen LogP contribution in [0.2, 0.25) is 0 Å². The molecule has 0 aliphatic rings. The van der Waals surface area contributed by atoms with Crippen molar-refractivity contribution in [3.05, 3.63) is 95.6 Å². The lowest BCUT2D eigenvalue weighted by Crippen LogP contribution is -2.28. The van der Waals surface area contributed by atoms with E-state index in [-0.39, 0.29) is 0 Å². The van der Waals surface area contributed by atoms with Gasteiger partial charge in [0.05, 0.1) is 11.6 Å². The Hall–Kier alpha value is -3.29. The Kier molecular flexibility index (Phi) is 7.06. The summed E-state index contributed by atoms with van der Waals surface area (Å²) in [4.78, 5) is 2.24. The number of nitriles is 1. The van der Waals surface area contributed by atoms with Crippen molar-refractivity contribution in [1.29, 1.82) is 5.26 Å². The normalized spacial score (nSPS) is 10.3. The van der Waals surface area contributed by atoms with Crippen LogP contribution in [0.25, 0.3) is 0 Å². The fraction of sp³-hybridized carbons (Fsp3) is 0.208. The minimum absolute atomic E-state index is 0.453. The lowest BCUT2D eigenvalue weighted by molar-refractivity contribution is 0.306. The first kappa shape index (κ1) is 19.5. The van der Waals surface area contributed by atoms with Gasteiger partial charge in [0.1, 0.15) is 12.4 Å². The molecule has 1 N–H and O–H groups in total. The van der Waals surface area contributed by atoms with Gasteiger partial charge in [-0.15, -0.1) is 0 Å². The third-order valence-electron chi connectivity index (χ3n) is 4.51. The number of para-hydroxylation sites is 1. The van der Waals surface area contributed by atoms with Gasteiger partial charge in [-0.25, -0.2) is 0 Å². The molecule has 28 heavy (non-hydrogen) atoms. The highest BCUT2D eigenvalue weighted by atomic mass is 16.5. The Balaban J connectivity index is 1.45. The predicted molar refractivity (Wildman–Crippen MR) is 113 cm³/mol. The molecular weight excluding hydrogens is 346 g/mol. The second kappa shape index (κ2) is 10.1. The van der Waals surface area contributed by atoms with E-state index in [4.69, 9.17) is 10.00 Å². The van der Waals surface area contributed by atoms with E-state index in [1.165, 1.54) is 11.3 Å². The number of anilines is 1. The molecule has 142 valence electrons. The molecule has 0 aliphatic heterocycles. The van der Waals surface area contributed by atoms with Gasteiger partial charge in [0.15, 0.2) is 0 Å². The second-order valence-electron chi connectivity index (χ2n) is 6.68. The smallest absolute Gasteiger partial charge is 0.120 e. The van der Waals surface area contributed by atoms with Gasteiger partial charge < -0.3 is 15.0 Å². The van der Waals surface area contributed by atoms with Crippen LogP contribution in [0, 0.1) is 11.3 Å². The first-order chi connectivity index (χ1) is 13.7. The second-order valence-corrected chi connectivity index (χ2v) is 6.68. The zero-order valence-corrected chi connectivity index (χ0v) is 16.1. The van der Waals surface area contributed by atoms with Crippen molar-refractivity contribution in [1.82, 2.24) is 5.32 Å². The molecule has 0 bridgehead atoms. The fourth-order valence-electron chi connectivity index (χ4n) is 2.93. The van der Waals surface area contributed by atoms with E-state index in [9.17, 15) is 0 Å². The molecule has 0 fully saturated rings. The summed E-state index contributed by atoms with van der Waals surface area (Å²) in [7, 11) is 2.10. The van der Waals surface area contributed by atoms with Gasteiger partial charge in [-0.3, -0.25) is 0 Å². The highest BCUT2D eigenvalue weighted by Crippen LogP contribution is 2.16. The van der Waals surface area contributed by atoms with Crippen LogP contribution in [0.3, 0.4) is 0 Å².